The summed E-state index contributed by atoms with van der Waals surface area (Å²) in [6, 6.07) is 1.12. The van der Waals surface area contributed by atoms with Gasteiger partial charge in [0.25, 0.3) is 0 Å². The molecule has 0 amide bonds. The highest BCUT2D eigenvalue weighted by molar-refractivity contribution is 6.16. The summed E-state index contributed by atoms with van der Waals surface area (Å²) in [7, 11) is 3.77. The number of aromatic nitrogens is 4. The maximum absolute atomic E-state index is 6.05. The molecule has 1 fully saturated rings. The van der Waals surface area contributed by atoms with Gasteiger partial charge in [-0.3, -0.25) is 4.90 Å². The van der Waals surface area contributed by atoms with E-state index in [9.17, 15) is 0 Å². The fraction of sp³-hybridized carbons (Fsp3) is 0.643. The fourth-order valence-corrected chi connectivity index (χ4v) is 2.84. The molecule has 114 valence electrons. The summed E-state index contributed by atoms with van der Waals surface area (Å²) in [6.45, 7) is 3.03. The SMILES string of the molecule is COc1ncnc2c1nc(CCl)n2CC(C)N(C)C1CC1. The third-order valence-electron chi connectivity index (χ3n) is 4.16. The van der Waals surface area contributed by atoms with Gasteiger partial charge in [-0.15, -0.1) is 11.6 Å². The molecule has 3 rings (SSSR count). The van der Waals surface area contributed by atoms with Crippen molar-refractivity contribution in [3.8, 4) is 5.88 Å². The quantitative estimate of drug-likeness (QED) is 0.765. The van der Waals surface area contributed by atoms with E-state index in [1.807, 2.05) is 0 Å². The monoisotopic (exact) mass is 309 g/mol. The maximum Gasteiger partial charge on any atom is 0.245 e. The molecule has 2 heterocycles. The molecule has 0 radical (unpaired) electrons. The van der Waals surface area contributed by atoms with Crippen molar-refractivity contribution in [1.29, 1.82) is 0 Å². The summed E-state index contributed by atoms with van der Waals surface area (Å²) < 4.78 is 7.34. The third kappa shape index (κ3) is 2.70. The van der Waals surface area contributed by atoms with E-state index in [2.05, 4.69) is 38.4 Å². The molecule has 1 aliphatic rings. The van der Waals surface area contributed by atoms with E-state index in [1.165, 1.54) is 19.2 Å². The predicted molar refractivity (Wildman–Crippen MR) is 81.7 cm³/mol. The number of imidazole rings is 1. The summed E-state index contributed by atoms with van der Waals surface area (Å²) in [5.41, 5.74) is 1.46. The van der Waals surface area contributed by atoms with Gasteiger partial charge in [0.15, 0.2) is 11.2 Å². The average molecular weight is 310 g/mol. The predicted octanol–water partition coefficient (Wildman–Crippen LogP) is 2.06. The normalized spacial score (nSPS) is 16.6. The molecule has 2 aromatic heterocycles. The van der Waals surface area contributed by atoms with Crippen LogP contribution < -0.4 is 4.74 Å². The Bertz CT molecular complexity index is 640. The Labute approximate surface area is 129 Å². The highest BCUT2D eigenvalue weighted by Gasteiger charge is 2.30. The number of nitrogens with zero attached hydrogens (tertiary/aromatic N) is 5. The van der Waals surface area contributed by atoms with Crippen LogP contribution in [0.2, 0.25) is 0 Å². The van der Waals surface area contributed by atoms with Crippen molar-refractivity contribution >= 4 is 22.8 Å². The van der Waals surface area contributed by atoms with E-state index in [0.717, 1.165) is 24.1 Å². The van der Waals surface area contributed by atoms with Gasteiger partial charge in [-0.25, -0.2) is 9.97 Å². The van der Waals surface area contributed by atoms with Crippen LogP contribution in [-0.2, 0) is 12.4 Å². The first-order valence-corrected chi connectivity index (χ1v) is 7.71. The summed E-state index contributed by atoms with van der Waals surface area (Å²) in [6.07, 6.45) is 4.10. The largest absolute Gasteiger partial charge is 0.479 e. The molecule has 0 aliphatic heterocycles. The van der Waals surface area contributed by atoms with Gasteiger partial charge < -0.3 is 9.30 Å². The molecular weight excluding hydrogens is 290 g/mol. The Morgan fingerprint density at radius 1 is 1.48 bits per heavy atom. The lowest BCUT2D eigenvalue weighted by Crippen LogP contribution is -2.34. The van der Waals surface area contributed by atoms with Gasteiger partial charge in [0.2, 0.25) is 5.88 Å². The highest BCUT2D eigenvalue weighted by atomic mass is 35.5. The number of rotatable bonds is 6. The third-order valence-corrected chi connectivity index (χ3v) is 4.39. The van der Waals surface area contributed by atoms with Gasteiger partial charge >= 0.3 is 0 Å². The van der Waals surface area contributed by atoms with E-state index < -0.39 is 0 Å². The minimum Gasteiger partial charge on any atom is -0.479 e. The first kappa shape index (κ1) is 14.5. The van der Waals surface area contributed by atoms with Crippen LogP contribution in [0.15, 0.2) is 6.33 Å². The molecule has 1 aliphatic carbocycles. The molecule has 0 saturated heterocycles. The number of likely N-dealkylation sites (N-methyl/N-ethyl adjacent to an activating group) is 1. The number of fused-ring (bicyclic) bond motifs is 1. The average Bonchev–Trinajstić information content (AvgIpc) is 3.29. The van der Waals surface area contributed by atoms with E-state index in [4.69, 9.17) is 16.3 Å². The summed E-state index contributed by atoms with van der Waals surface area (Å²) in [4.78, 5) is 15.4. The molecule has 21 heavy (non-hydrogen) atoms. The van der Waals surface area contributed by atoms with Crippen LogP contribution in [0.4, 0.5) is 0 Å². The zero-order valence-corrected chi connectivity index (χ0v) is 13.3. The molecule has 1 atom stereocenters. The number of halogens is 1. The topological polar surface area (TPSA) is 56.1 Å². The number of ether oxygens (including phenoxy) is 1. The minimum absolute atomic E-state index is 0.347. The second-order valence-corrected chi connectivity index (χ2v) is 5.84. The van der Waals surface area contributed by atoms with Gasteiger partial charge in [0.1, 0.15) is 12.2 Å². The Hall–Kier alpha value is -1.40. The number of alkyl halides is 1. The summed E-state index contributed by atoms with van der Waals surface area (Å²) in [5, 5.41) is 0. The Morgan fingerprint density at radius 2 is 2.24 bits per heavy atom. The van der Waals surface area contributed by atoms with Crippen molar-refractivity contribution in [3.05, 3.63) is 12.2 Å². The van der Waals surface area contributed by atoms with Crippen LogP contribution in [0.1, 0.15) is 25.6 Å². The second kappa shape index (κ2) is 5.77. The zero-order chi connectivity index (χ0) is 15.0. The lowest BCUT2D eigenvalue weighted by molar-refractivity contribution is 0.226. The van der Waals surface area contributed by atoms with Crippen molar-refractivity contribution in [3.63, 3.8) is 0 Å². The van der Waals surface area contributed by atoms with Crippen molar-refractivity contribution in [2.24, 2.45) is 0 Å². The summed E-state index contributed by atoms with van der Waals surface area (Å²) in [5.74, 6) is 1.65. The van der Waals surface area contributed by atoms with E-state index in [1.54, 1.807) is 7.11 Å². The van der Waals surface area contributed by atoms with E-state index >= 15 is 0 Å². The molecule has 1 saturated carbocycles. The van der Waals surface area contributed by atoms with Crippen molar-refractivity contribution < 1.29 is 4.74 Å². The lowest BCUT2D eigenvalue weighted by Gasteiger charge is -2.25. The molecule has 1 unspecified atom stereocenters. The maximum atomic E-state index is 6.05. The van der Waals surface area contributed by atoms with Crippen LogP contribution in [0.25, 0.3) is 11.2 Å². The van der Waals surface area contributed by atoms with Crippen LogP contribution in [0.5, 0.6) is 5.88 Å². The first-order chi connectivity index (χ1) is 10.2. The van der Waals surface area contributed by atoms with Gasteiger partial charge in [-0.1, -0.05) is 0 Å². The molecule has 0 spiro atoms. The Morgan fingerprint density at radius 3 is 2.86 bits per heavy atom. The van der Waals surface area contributed by atoms with Crippen LogP contribution >= 0.6 is 11.6 Å². The molecular formula is C14H20ClN5O. The zero-order valence-electron chi connectivity index (χ0n) is 12.6. The molecule has 2 aromatic rings. The van der Waals surface area contributed by atoms with Gasteiger partial charge in [0, 0.05) is 18.6 Å². The van der Waals surface area contributed by atoms with Crippen LogP contribution in [0, 0.1) is 0 Å². The highest BCUT2D eigenvalue weighted by Crippen LogP contribution is 2.28. The number of methoxy groups -OCH3 is 1. The lowest BCUT2D eigenvalue weighted by atomic mass is 10.3. The molecule has 0 aromatic carbocycles. The van der Waals surface area contributed by atoms with Crippen molar-refractivity contribution in [1.82, 2.24) is 24.4 Å². The standard InChI is InChI=1S/C14H20ClN5O/c1-9(19(2)10-4-5-10)7-20-11(6-15)18-12-13(20)16-8-17-14(12)21-3/h8-10H,4-7H2,1-3H3. The Kier molecular flexibility index (Phi) is 3.99. The van der Waals surface area contributed by atoms with Crippen molar-refractivity contribution in [2.45, 2.75) is 44.3 Å². The minimum atomic E-state index is 0.347. The van der Waals surface area contributed by atoms with Gasteiger partial charge in [0.05, 0.1) is 13.0 Å². The molecule has 0 bridgehead atoms. The molecule has 7 heteroatoms. The van der Waals surface area contributed by atoms with E-state index in [-0.39, 0.29) is 0 Å². The summed E-state index contributed by atoms with van der Waals surface area (Å²) >= 11 is 6.05. The smallest absolute Gasteiger partial charge is 0.245 e. The second-order valence-electron chi connectivity index (χ2n) is 5.57. The fourth-order valence-electron chi connectivity index (χ4n) is 2.64. The Balaban J connectivity index is 1.96. The molecule has 6 nitrogen and oxygen atoms in total. The van der Waals surface area contributed by atoms with Crippen LogP contribution in [0.3, 0.4) is 0 Å². The first-order valence-electron chi connectivity index (χ1n) is 7.17. The van der Waals surface area contributed by atoms with Crippen molar-refractivity contribution in [2.75, 3.05) is 14.2 Å². The number of hydrogen-bond donors (Lipinski definition) is 0. The van der Waals surface area contributed by atoms with Gasteiger partial charge in [-0.05, 0) is 26.8 Å². The van der Waals surface area contributed by atoms with Gasteiger partial charge in [-0.2, -0.15) is 4.98 Å². The number of hydrogen-bond acceptors (Lipinski definition) is 5. The molecule has 0 N–H and O–H groups in total. The van der Waals surface area contributed by atoms with E-state index in [0.29, 0.717) is 23.3 Å². The van der Waals surface area contributed by atoms with Crippen LogP contribution in [-0.4, -0.2) is 50.7 Å².